The van der Waals surface area contributed by atoms with Gasteiger partial charge in [0.2, 0.25) is 0 Å². The lowest BCUT2D eigenvalue weighted by molar-refractivity contribution is 0.281. The smallest absolute Gasteiger partial charge is 0.138 e. The number of hydrogen-bond donors (Lipinski definition) is 2. The predicted octanol–water partition coefficient (Wildman–Crippen LogP) is 5.81. The second-order valence-electron chi connectivity index (χ2n) is 8.13. The molecule has 0 aliphatic heterocycles. The van der Waals surface area contributed by atoms with Gasteiger partial charge in [-0.1, -0.05) is 0 Å². The highest BCUT2D eigenvalue weighted by molar-refractivity contribution is 7.22. The molecule has 0 bridgehead atoms. The Morgan fingerprint density at radius 3 is 2.66 bits per heavy atom. The molecule has 0 saturated heterocycles. The van der Waals surface area contributed by atoms with E-state index in [1.807, 2.05) is 49.1 Å². The third-order valence-electron chi connectivity index (χ3n) is 6.11. The molecule has 0 fully saturated rings. The molecule has 7 nitrogen and oxygen atoms in total. The SMILES string of the molecule is COc1ccc2[nH]cc(-c3cncn3-c3ccc(-c4nc5cc(CO)cc(OC)c5s4)cc3)c2c1. The third kappa shape index (κ3) is 3.63. The van der Waals surface area contributed by atoms with Gasteiger partial charge in [-0.25, -0.2) is 9.97 Å². The average Bonchev–Trinajstić information content (AvgIpc) is 3.65. The summed E-state index contributed by atoms with van der Waals surface area (Å²) in [5.41, 5.74) is 6.70. The number of rotatable bonds is 6. The van der Waals surface area contributed by atoms with E-state index in [1.54, 1.807) is 25.6 Å². The van der Waals surface area contributed by atoms with Gasteiger partial charge in [-0.3, -0.25) is 4.57 Å². The van der Waals surface area contributed by atoms with Gasteiger partial charge >= 0.3 is 0 Å². The van der Waals surface area contributed by atoms with Gasteiger partial charge in [-0.2, -0.15) is 0 Å². The van der Waals surface area contributed by atoms with Crippen LogP contribution in [0.15, 0.2) is 73.3 Å². The maximum Gasteiger partial charge on any atom is 0.138 e. The first kappa shape index (κ1) is 21.4. The Kier molecular flexibility index (Phi) is 5.24. The minimum absolute atomic E-state index is 0.0513. The molecule has 174 valence electrons. The van der Waals surface area contributed by atoms with Crippen molar-refractivity contribution in [3.05, 3.63) is 78.9 Å². The van der Waals surface area contributed by atoms with Gasteiger partial charge in [-0.05, 0) is 60.2 Å². The number of aromatic nitrogens is 4. The molecular weight excluding hydrogens is 460 g/mol. The van der Waals surface area contributed by atoms with E-state index < -0.39 is 0 Å². The van der Waals surface area contributed by atoms with Crippen LogP contribution in [0.25, 0.3) is 48.6 Å². The Hall–Kier alpha value is -4.14. The van der Waals surface area contributed by atoms with Gasteiger partial charge in [0, 0.05) is 33.9 Å². The summed E-state index contributed by atoms with van der Waals surface area (Å²) in [7, 11) is 3.31. The van der Waals surface area contributed by atoms with Gasteiger partial charge < -0.3 is 19.6 Å². The van der Waals surface area contributed by atoms with E-state index in [1.165, 1.54) is 0 Å². The molecule has 0 saturated carbocycles. The highest BCUT2D eigenvalue weighted by Gasteiger charge is 2.15. The quantitative estimate of drug-likeness (QED) is 0.313. The molecule has 0 aliphatic rings. The van der Waals surface area contributed by atoms with Crippen LogP contribution in [-0.2, 0) is 6.61 Å². The minimum Gasteiger partial charge on any atom is -0.497 e. The number of methoxy groups -OCH3 is 2. The molecule has 6 rings (SSSR count). The largest absolute Gasteiger partial charge is 0.497 e. The Morgan fingerprint density at radius 1 is 1.03 bits per heavy atom. The Morgan fingerprint density at radius 2 is 1.89 bits per heavy atom. The number of fused-ring (bicyclic) bond motifs is 2. The summed E-state index contributed by atoms with van der Waals surface area (Å²) < 4.78 is 14.0. The summed E-state index contributed by atoms with van der Waals surface area (Å²) in [5, 5.41) is 11.5. The summed E-state index contributed by atoms with van der Waals surface area (Å²) >= 11 is 1.58. The van der Waals surface area contributed by atoms with Crippen LogP contribution in [0.1, 0.15) is 5.56 Å². The zero-order valence-electron chi connectivity index (χ0n) is 19.1. The molecule has 6 aromatic rings. The van der Waals surface area contributed by atoms with Gasteiger partial charge in [0.05, 0.1) is 49.3 Å². The van der Waals surface area contributed by atoms with E-state index in [4.69, 9.17) is 14.5 Å². The monoisotopic (exact) mass is 482 g/mol. The Balaban J connectivity index is 1.37. The molecule has 3 heterocycles. The van der Waals surface area contributed by atoms with Crippen molar-refractivity contribution in [3.63, 3.8) is 0 Å². The number of aromatic amines is 1. The lowest BCUT2D eigenvalue weighted by Gasteiger charge is -2.09. The number of hydrogen-bond acceptors (Lipinski definition) is 6. The van der Waals surface area contributed by atoms with Gasteiger partial charge in [0.25, 0.3) is 0 Å². The number of nitrogens with zero attached hydrogens (tertiary/aromatic N) is 3. The summed E-state index contributed by atoms with van der Waals surface area (Å²) in [6, 6.07) is 18.0. The average molecular weight is 483 g/mol. The number of thiazole rings is 1. The number of imidazole rings is 1. The predicted molar refractivity (Wildman–Crippen MR) is 138 cm³/mol. The summed E-state index contributed by atoms with van der Waals surface area (Å²) in [6.07, 6.45) is 5.69. The van der Waals surface area contributed by atoms with Crippen molar-refractivity contribution in [2.75, 3.05) is 14.2 Å². The second-order valence-corrected chi connectivity index (χ2v) is 9.13. The van der Waals surface area contributed by atoms with Crippen molar-refractivity contribution in [1.29, 1.82) is 0 Å². The van der Waals surface area contributed by atoms with Gasteiger partial charge in [-0.15, -0.1) is 11.3 Å². The standard InChI is InChI=1S/C27H22N4O3S/c1-33-19-7-8-22-20(11-19)21(12-29-22)24-13-28-15-31(24)18-5-3-17(4-6-18)27-30-23-9-16(14-32)10-25(34-2)26(23)35-27/h3-13,15,29,32H,14H2,1-2H3. The zero-order valence-corrected chi connectivity index (χ0v) is 20.0. The molecule has 0 radical (unpaired) electrons. The van der Waals surface area contributed by atoms with E-state index in [-0.39, 0.29) is 6.61 Å². The highest BCUT2D eigenvalue weighted by atomic mass is 32.1. The van der Waals surface area contributed by atoms with E-state index in [9.17, 15) is 5.11 Å². The van der Waals surface area contributed by atoms with E-state index in [2.05, 4.69) is 38.8 Å². The molecule has 8 heteroatoms. The van der Waals surface area contributed by atoms with Crippen molar-refractivity contribution in [3.8, 4) is 39.0 Å². The molecule has 3 aromatic carbocycles. The van der Waals surface area contributed by atoms with Crippen LogP contribution < -0.4 is 9.47 Å². The molecule has 35 heavy (non-hydrogen) atoms. The molecule has 0 atom stereocenters. The lowest BCUT2D eigenvalue weighted by atomic mass is 10.1. The Bertz CT molecular complexity index is 1660. The first-order valence-electron chi connectivity index (χ1n) is 11.1. The van der Waals surface area contributed by atoms with Crippen LogP contribution in [-0.4, -0.2) is 38.8 Å². The van der Waals surface area contributed by atoms with Crippen LogP contribution in [0.2, 0.25) is 0 Å². The molecule has 0 spiro atoms. The van der Waals surface area contributed by atoms with E-state index in [0.717, 1.165) is 65.7 Å². The van der Waals surface area contributed by atoms with Crippen molar-refractivity contribution >= 4 is 32.5 Å². The van der Waals surface area contributed by atoms with Crippen molar-refractivity contribution < 1.29 is 14.6 Å². The lowest BCUT2D eigenvalue weighted by Crippen LogP contribution is -1.94. The molecule has 0 aliphatic carbocycles. The number of benzene rings is 3. The van der Waals surface area contributed by atoms with Crippen molar-refractivity contribution in [1.82, 2.24) is 19.5 Å². The normalized spacial score (nSPS) is 11.4. The van der Waals surface area contributed by atoms with Crippen LogP contribution in [0.5, 0.6) is 11.5 Å². The molecule has 0 amide bonds. The van der Waals surface area contributed by atoms with Crippen LogP contribution >= 0.6 is 11.3 Å². The molecular formula is C27H22N4O3S. The van der Waals surface area contributed by atoms with Crippen molar-refractivity contribution in [2.45, 2.75) is 6.61 Å². The molecule has 3 aromatic heterocycles. The van der Waals surface area contributed by atoms with Crippen LogP contribution in [0.4, 0.5) is 0 Å². The van der Waals surface area contributed by atoms with E-state index >= 15 is 0 Å². The zero-order chi connectivity index (χ0) is 23.9. The third-order valence-corrected chi connectivity index (χ3v) is 7.25. The second kappa shape index (κ2) is 8.57. The number of aliphatic hydroxyl groups excluding tert-OH is 1. The number of nitrogens with one attached hydrogen (secondary N) is 1. The fraction of sp³-hybridized carbons (Fsp3) is 0.111. The Labute approximate surface area is 205 Å². The first-order valence-corrected chi connectivity index (χ1v) is 11.9. The van der Waals surface area contributed by atoms with Crippen LogP contribution in [0, 0.1) is 0 Å². The first-order chi connectivity index (χ1) is 17.2. The number of ether oxygens (including phenoxy) is 2. The highest BCUT2D eigenvalue weighted by Crippen LogP contribution is 2.38. The number of aliphatic hydroxyl groups is 1. The van der Waals surface area contributed by atoms with Gasteiger partial charge in [0.1, 0.15) is 16.5 Å². The summed E-state index contributed by atoms with van der Waals surface area (Å²) in [5.74, 6) is 1.54. The molecule has 2 N–H and O–H groups in total. The molecule has 0 unspecified atom stereocenters. The van der Waals surface area contributed by atoms with E-state index in [0.29, 0.717) is 0 Å². The van der Waals surface area contributed by atoms with Crippen LogP contribution in [0.3, 0.4) is 0 Å². The maximum atomic E-state index is 9.54. The minimum atomic E-state index is -0.0513. The fourth-order valence-electron chi connectivity index (χ4n) is 4.33. The van der Waals surface area contributed by atoms with Gasteiger partial charge in [0.15, 0.2) is 0 Å². The topological polar surface area (TPSA) is 85.2 Å². The summed E-state index contributed by atoms with van der Waals surface area (Å²) in [4.78, 5) is 12.6. The fourth-order valence-corrected chi connectivity index (χ4v) is 5.37. The maximum absolute atomic E-state index is 9.54. The number of H-pyrrole nitrogens is 1. The summed E-state index contributed by atoms with van der Waals surface area (Å²) in [6.45, 7) is -0.0513. The van der Waals surface area contributed by atoms with Crippen molar-refractivity contribution in [2.24, 2.45) is 0 Å².